The fourth-order valence-electron chi connectivity index (χ4n) is 3.36. The molecule has 0 spiro atoms. The van der Waals surface area contributed by atoms with Crippen molar-refractivity contribution in [3.05, 3.63) is 34.2 Å². The molecule has 1 aromatic heterocycles. The van der Waals surface area contributed by atoms with E-state index in [0.29, 0.717) is 5.92 Å². The number of aromatic nitrogens is 1. The highest BCUT2D eigenvalue weighted by atomic mass is 16.6. The molecule has 0 amide bonds. The molecule has 1 aromatic rings. The number of nitrogens with zero attached hydrogens (tertiary/aromatic N) is 2. The van der Waals surface area contributed by atoms with Gasteiger partial charge in [-0.05, 0) is 50.3 Å². The van der Waals surface area contributed by atoms with Crippen molar-refractivity contribution < 1.29 is 14.7 Å². The molecule has 1 fully saturated rings. The van der Waals surface area contributed by atoms with Crippen LogP contribution < -0.4 is 5.56 Å². The van der Waals surface area contributed by atoms with Crippen molar-refractivity contribution in [3.63, 3.8) is 0 Å². The first kappa shape index (κ1) is 19.2. The number of aromatic amines is 1. The van der Waals surface area contributed by atoms with Crippen LogP contribution in [0.5, 0.6) is 0 Å². The van der Waals surface area contributed by atoms with Crippen LogP contribution in [0.1, 0.15) is 38.2 Å². The van der Waals surface area contributed by atoms with E-state index in [1.807, 2.05) is 12.3 Å². The minimum Gasteiger partial charge on any atom is -0.483 e. The first-order chi connectivity index (χ1) is 12.1. The topological polar surface area (TPSA) is 95.0 Å². The predicted molar refractivity (Wildman–Crippen MR) is 95.8 cm³/mol. The van der Waals surface area contributed by atoms with Gasteiger partial charge in [0.2, 0.25) is 5.56 Å². The quantitative estimate of drug-likeness (QED) is 0.792. The third kappa shape index (κ3) is 6.34. The molecule has 7 nitrogen and oxygen atoms in total. The molecule has 3 rings (SSSR count). The highest BCUT2D eigenvalue weighted by molar-refractivity contribution is 5.85. The SMILES string of the molecule is CCC1=NOC(CN2CCC(Cc3ccc(=O)[nH]c3)CC2)C1.O=CO. The highest BCUT2D eigenvalue weighted by Gasteiger charge is 2.25. The van der Waals surface area contributed by atoms with Crippen molar-refractivity contribution in [3.8, 4) is 0 Å². The second-order valence-corrected chi connectivity index (χ2v) is 6.56. The number of carboxylic acid groups (broad SMARTS) is 1. The van der Waals surface area contributed by atoms with E-state index in [0.717, 1.165) is 38.9 Å². The standard InChI is InChI=1S/C17H25N3O2.CH2O2/c1-2-15-10-16(22-19-15)12-20-7-5-13(6-8-20)9-14-3-4-17(21)18-11-14;2-1-3/h3-4,11,13,16H,2,5-10,12H2,1H3,(H,18,21);1H,(H,2,3). The van der Waals surface area contributed by atoms with Crippen LogP contribution in [0, 0.1) is 5.92 Å². The fourth-order valence-corrected chi connectivity index (χ4v) is 3.36. The van der Waals surface area contributed by atoms with Gasteiger partial charge in [0.25, 0.3) is 6.47 Å². The van der Waals surface area contributed by atoms with Crippen molar-refractivity contribution in [2.75, 3.05) is 19.6 Å². The van der Waals surface area contributed by atoms with Crippen molar-refractivity contribution >= 4 is 12.2 Å². The Hall–Kier alpha value is -2.15. The van der Waals surface area contributed by atoms with Crippen LogP contribution >= 0.6 is 0 Å². The Balaban J connectivity index is 0.000000701. The normalized spacial score (nSPS) is 21.0. The summed E-state index contributed by atoms with van der Waals surface area (Å²) >= 11 is 0. The summed E-state index contributed by atoms with van der Waals surface area (Å²) in [6, 6.07) is 3.56. The molecule has 1 atom stereocenters. The van der Waals surface area contributed by atoms with Gasteiger partial charge in [-0.2, -0.15) is 0 Å². The summed E-state index contributed by atoms with van der Waals surface area (Å²) in [5, 5.41) is 11.0. The van der Waals surface area contributed by atoms with Crippen LogP contribution in [0.2, 0.25) is 0 Å². The zero-order valence-electron chi connectivity index (χ0n) is 14.7. The van der Waals surface area contributed by atoms with Gasteiger partial charge in [-0.25, -0.2) is 0 Å². The van der Waals surface area contributed by atoms with Crippen molar-refractivity contribution in [1.82, 2.24) is 9.88 Å². The number of hydrogen-bond acceptors (Lipinski definition) is 5. The number of H-pyrrole nitrogens is 1. The average molecular weight is 349 g/mol. The number of likely N-dealkylation sites (tertiary alicyclic amines) is 1. The third-order valence-corrected chi connectivity index (χ3v) is 4.74. The Morgan fingerprint density at radius 3 is 2.68 bits per heavy atom. The second kappa shape index (κ2) is 9.98. The lowest BCUT2D eigenvalue weighted by Gasteiger charge is -2.32. The number of pyridine rings is 1. The zero-order valence-corrected chi connectivity index (χ0v) is 14.7. The highest BCUT2D eigenvalue weighted by Crippen LogP contribution is 2.23. The monoisotopic (exact) mass is 349 g/mol. The summed E-state index contributed by atoms with van der Waals surface area (Å²) in [7, 11) is 0. The Morgan fingerprint density at radius 2 is 2.12 bits per heavy atom. The van der Waals surface area contributed by atoms with E-state index in [4.69, 9.17) is 14.7 Å². The second-order valence-electron chi connectivity index (χ2n) is 6.56. The smallest absolute Gasteiger partial charge is 0.290 e. The van der Waals surface area contributed by atoms with Crippen LogP contribution in [0.25, 0.3) is 0 Å². The Morgan fingerprint density at radius 1 is 1.40 bits per heavy atom. The van der Waals surface area contributed by atoms with Gasteiger partial charge in [0.05, 0.1) is 5.71 Å². The maximum Gasteiger partial charge on any atom is 0.290 e. The van der Waals surface area contributed by atoms with Gasteiger partial charge in [0.15, 0.2) is 0 Å². The summed E-state index contributed by atoms with van der Waals surface area (Å²) in [4.78, 5) is 30.2. The van der Waals surface area contributed by atoms with Crippen LogP contribution in [0.3, 0.4) is 0 Å². The molecule has 25 heavy (non-hydrogen) atoms. The van der Waals surface area contributed by atoms with E-state index in [2.05, 4.69) is 22.0 Å². The maximum absolute atomic E-state index is 11.1. The van der Waals surface area contributed by atoms with Crippen molar-refractivity contribution in [1.29, 1.82) is 0 Å². The van der Waals surface area contributed by atoms with Crippen molar-refractivity contribution in [2.24, 2.45) is 11.1 Å². The van der Waals surface area contributed by atoms with E-state index in [-0.39, 0.29) is 18.1 Å². The summed E-state index contributed by atoms with van der Waals surface area (Å²) in [6.45, 7) is 5.15. The van der Waals surface area contributed by atoms with Gasteiger partial charge in [0, 0.05) is 25.2 Å². The number of rotatable bonds is 5. The van der Waals surface area contributed by atoms with E-state index in [9.17, 15) is 4.79 Å². The summed E-state index contributed by atoms with van der Waals surface area (Å²) in [5.41, 5.74) is 2.40. The maximum atomic E-state index is 11.1. The summed E-state index contributed by atoms with van der Waals surface area (Å²) < 4.78 is 0. The number of oxime groups is 1. The molecule has 1 saturated heterocycles. The molecule has 1 unspecified atom stereocenters. The molecule has 3 heterocycles. The lowest BCUT2D eigenvalue weighted by Crippen LogP contribution is -2.39. The fraction of sp³-hybridized carbons (Fsp3) is 0.611. The van der Waals surface area contributed by atoms with Gasteiger partial charge in [0.1, 0.15) is 6.10 Å². The number of piperidine rings is 1. The number of hydrogen-bond donors (Lipinski definition) is 2. The van der Waals surface area contributed by atoms with Crippen LogP contribution in [0.15, 0.2) is 28.3 Å². The molecule has 0 radical (unpaired) electrons. The minimum atomic E-state index is -0.250. The molecule has 0 saturated carbocycles. The molecule has 2 aliphatic heterocycles. The molecular formula is C18H27N3O4. The van der Waals surface area contributed by atoms with Gasteiger partial charge in [-0.15, -0.1) is 0 Å². The molecule has 2 N–H and O–H groups in total. The van der Waals surface area contributed by atoms with Gasteiger partial charge in [-0.3, -0.25) is 14.5 Å². The van der Waals surface area contributed by atoms with Gasteiger partial charge in [-0.1, -0.05) is 18.1 Å². The van der Waals surface area contributed by atoms with Crippen LogP contribution in [-0.4, -0.2) is 52.9 Å². The van der Waals surface area contributed by atoms with Gasteiger partial charge >= 0.3 is 0 Å². The van der Waals surface area contributed by atoms with Crippen LogP contribution in [0.4, 0.5) is 0 Å². The third-order valence-electron chi connectivity index (χ3n) is 4.74. The molecule has 0 aliphatic carbocycles. The van der Waals surface area contributed by atoms with E-state index >= 15 is 0 Å². The molecule has 2 aliphatic rings. The number of carbonyl (C=O) groups is 1. The number of nitrogens with one attached hydrogen (secondary N) is 1. The Labute approximate surface area is 147 Å². The lowest BCUT2D eigenvalue weighted by atomic mass is 9.90. The van der Waals surface area contributed by atoms with Crippen LogP contribution in [-0.2, 0) is 16.1 Å². The predicted octanol–water partition coefficient (Wildman–Crippen LogP) is 1.89. The summed E-state index contributed by atoms with van der Waals surface area (Å²) in [5.74, 6) is 0.717. The molecular weight excluding hydrogens is 322 g/mol. The lowest BCUT2D eigenvalue weighted by molar-refractivity contribution is -0.122. The molecule has 138 valence electrons. The van der Waals surface area contributed by atoms with E-state index < -0.39 is 0 Å². The first-order valence-corrected chi connectivity index (χ1v) is 8.84. The average Bonchev–Trinajstić information content (AvgIpc) is 3.07. The minimum absolute atomic E-state index is 0.0243. The van der Waals surface area contributed by atoms with Crippen molar-refractivity contribution in [2.45, 2.75) is 45.1 Å². The Kier molecular flexibility index (Phi) is 7.66. The Bertz CT molecular complexity index is 600. The van der Waals surface area contributed by atoms with E-state index in [1.54, 1.807) is 6.07 Å². The molecule has 0 bridgehead atoms. The van der Waals surface area contributed by atoms with Gasteiger partial charge < -0.3 is 14.9 Å². The molecule has 0 aromatic carbocycles. The van der Waals surface area contributed by atoms with E-state index in [1.165, 1.54) is 24.1 Å². The molecule has 7 heteroatoms. The zero-order chi connectivity index (χ0) is 18.1. The first-order valence-electron chi connectivity index (χ1n) is 8.84. The largest absolute Gasteiger partial charge is 0.483 e. The summed E-state index contributed by atoms with van der Waals surface area (Å²) in [6.07, 6.45) is 7.59.